The van der Waals surface area contributed by atoms with E-state index in [1.165, 1.54) is 10.4 Å². The van der Waals surface area contributed by atoms with Gasteiger partial charge in [-0.15, -0.1) is 11.3 Å². The summed E-state index contributed by atoms with van der Waals surface area (Å²) in [6.45, 7) is 7.46. The second-order valence-electron chi connectivity index (χ2n) is 6.51. The van der Waals surface area contributed by atoms with Crippen molar-refractivity contribution in [3.05, 3.63) is 17.0 Å². The van der Waals surface area contributed by atoms with Gasteiger partial charge in [-0.2, -0.15) is 4.31 Å². The minimum atomic E-state index is -3.49. The molecule has 0 amide bonds. The molecule has 5 nitrogen and oxygen atoms in total. The highest BCUT2D eigenvalue weighted by Crippen LogP contribution is 2.36. The van der Waals surface area contributed by atoms with E-state index in [0.717, 1.165) is 17.8 Å². The number of hydrogen-bond acceptors (Lipinski definition) is 4. The van der Waals surface area contributed by atoms with Gasteiger partial charge in [0.1, 0.15) is 4.21 Å². The molecular weight excluding hydrogens is 310 g/mol. The Bertz CT molecular complexity index is 628. The van der Waals surface area contributed by atoms with Crippen LogP contribution in [-0.4, -0.2) is 36.9 Å². The number of thiophene rings is 1. The Morgan fingerprint density at radius 3 is 2.62 bits per heavy atom. The van der Waals surface area contributed by atoms with E-state index in [9.17, 15) is 13.2 Å². The molecular formula is C14H21NO4S2. The second-order valence-corrected chi connectivity index (χ2v) is 9.84. The molecule has 118 valence electrons. The number of carboxylic acid groups (broad SMARTS) is 1. The highest BCUT2D eigenvalue weighted by molar-refractivity contribution is 7.91. The average Bonchev–Trinajstić information content (AvgIpc) is 2.94. The van der Waals surface area contributed by atoms with Crippen LogP contribution in [0.15, 0.2) is 16.3 Å². The van der Waals surface area contributed by atoms with Crippen molar-refractivity contribution in [1.82, 2.24) is 4.31 Å². The summed E-state index contributed by atoms with van der Waals surface area (Å²) >= 11 is 1.05. The Kier molecular flexibility index (Phi) is 4.46. The van der Waals surface area contributed by atoms with Crippen LogP contribution in [-0.2, 0) is 21.2 Å². The molecule has 1 saturated heterocycles. The van der Waals surface area contributed by atoms with E-state index in [4.69, 9.17) is 5.11 Å². The summed E-state index contributed by atoms with van der Waals surface area (Å²) < 4.78 is 27.0. The Labute approximate surface area is 129 Å². The van der Waals surface area contributed by atoms with Crippen molar-refractivity contribution in [3.8, 4) is 0 Å². The molecule has 1 N–H and O–H groups in total. The van der Waals surface area contributed by atoms with Crippen molar-refractivity contribution in [2.45, 2.75) is 37.8 Å². The number of aliphatic carboxylic acids is 1. The van der Waals surface area contributed by atoms with Gasteiger partial charge in [0.2, 0.25) is 0 Å². The van der Waals surface area contributed by atoms with Crippen LogP contribution < -0.4 is 0 Å². The van der Waals surface area contributed by atoms with Crippen LogP contribution in [0.5, 0.6) is 0 Å². The molecule has 7 heteroatoms. The third-order valence-electron chi connectivity index (χ3n) is 3.93. The zero-order chi connectivity index (χ0) is 15.8. The molecule has 2 rings (SSSR count). The van der Waals surface area contributed by atoms with Gasteiger partial charge in [-0.25, -0.2) is 8.42 Å². The fraction of sp³-hybridized carbons (Fsp3) is 0.643. The summed E-state index contributed by atoms with van der Waals surface area (Å²) in [6, 6.07) is 3.10. The summed E-state index contributed by atoms with van der Waals surface area (Å²) in [4.78, 5) is 11.2. The van der Waals surface area contributed by atoms with Crippen LogP contribution >= 0.6 is 11.3 Å². The molecule has 1 aromatic rings. The predicted octanol–water partition coefficient (Wildman–Crippen LogP) is 2.43. The van der Waals surface area contributed by atoms with Crippen molar-refractivity contribution in [2.75, 3.05) is 13.1 Å². The number of rotatable bonds is 4. The van der Waals surface area contributed by atoms with Gasteiger partial charge >= 0.3 is 5.97 Å². The monoisotopic (exact) mass is 331 g/mol. The van der Waals surface area contributed by atoms with E-state index < -0.39 is 16.0 Å². The van der Waals surface area contributed by atoms with Crippen molar-refractivity contribution in [3.63, 3.8) is 0 Å². The molecule has 0 saturated carbocycles. The van der Waals surface area contributed by atoms with E-state index in [2.05, 4.69) is 20.8 Å². The normalized spacial score (nSPS) is 20.8. The van der Waals surface area contributed by atoms with E-state index in [-0.39, 0.29) is 16.0 Å². The van der Waals surface area contributed by atoms with Crippen molar-refractivity contribution in [1.29, 1.82) is 0 Å². The van der Waals surface area contributed by atoms with Gasteiger partial charge in [0.05, 0.1) is 6.42 Å². The van der Waals surface area contributed by atoms with E-state index in [1.807, 2.05) is 0 Å². The Morgan fingerprint density at radius 1 is 1.43 bits per heavy atom. The Morgan fingerprint density at radius 2 is 2.10 bits per heavy atom. The maximum absolute atomic E-state index is 12.6. The maximum atomic E-state index is 12.6. The highest BCUT2D eigenvalue weighted by atomic mass is 32.2. The topological polar surface area (TPSA) is 74.7 Å². The molecule has 0 radical (unpaired) electrons. The molecule has 1 fully saturated rings. The minimum Gasteiger partial charge on any atom is -0.481 e. The number of nitrogens with zero attached hydrogens (tertiary/aromatic N) is 1. The van der Waals surface area contributed by atoms with Crippen molar-refractivity contribution >= 4 is 27.3 Å². The summed E-state index contributed by atoms with van der Waals surface area (Å²) in [7, 11) is -3.49. The first-order chi connectivity index (χ1) is 9.60. The van der Waals surface area contributed by atoms with Gasteiger partial charge in [-0.05, 0) is 29.9 Å². The van der Waals surface area contributed by atoms with E-state index >= 15 is 0 Å². The van der Waals surface area contributed by atoms with Crippen molar-refractivity contribution < 1.29 is 18.3 Å². The summed E-state index contributed by atoms with van der Waals surface area (Å²) in [5.74, 6) is -0.597. The first-order valence-corrected chi connectivity index (χ1v) is 9.17. The van der Waals surface area contributed by atoms with Crippen LogP contribution in [0.3, 0.4) is 0 Å². The van der Waals surface area contributed by atoms with Gasteiger partial charge in [0.15, 0.2) is 0 Å². The molecule has 0 bridgehead atoms. The highest BCUT2D eigenvalue weighted by Gasteiger charge is 2.38. The number of carboxylic acids is 1. The molecule has 0 aliphatic carbocycles. The molecule has 1 aliphatic rings. The molecule has 1 unspecified atom stereocenters. The lowest BCUT2D eigenvalue weighted by molar-refractivity contribution is -0.136. The fourth-order valence-corrected chi connectivity index (χ4v) is 5.52. The number of carbonyl (C=O) groups is 1. The lowest BCUT2D eigenvalue weighted by atomic mass is 9.80. The van der Waals surface area contributed by atoms with Gasteiger partial charge in [-0.1, -0.05) is 20.8 Å². The zero-order valence-electron chi connectivity index (χ0n) is 12.5. The summed E-state index contributed by atoms with van der Waals surface area (Å²) in [6.07, 6.45) is 0.737. The predicted molar refractivity (Wildman–Crippen MR) is 82.0 cm³/mol. The smallest absolute Gasteiger partial charge is 0.308 e. The first-order valence-electron chi connectivity index (χ1n) is 6.91. The van der Waals surface area contributed by atoms with Crippen LogP contribution in [0.2, 0.25) is 0 Å². The SMILES string of the molecule is CC(C)(C)C1CCN(S(=O)(=O)c2ccc(CC(=O)O)s2)C1. The fourth-order valence-electron chi connectivity index (χ4n) is 2.52. The van der Waals surface area contributed by atoms with Gasteiger partial charge < -0.3 is 5.11 Å². The molecule has 0 aromatic carbocycles. The zero-order valence-corrected chi connectivity index (χ0v) is 14.1. The van der Waals surface area contributed by atoms with Gasteiger partial charge in [0.25, 0.3) is 10.0 Å². The lowest BCUT2D eigenvalue weighted by Crippen LogP contribution is -2.30. The summed E-state index contributed by atoms with van der Waals surface area (Å²) in [5, 5.41) is 8.76. The maximum Gasteiger partial charge on any atom is 0.308 e. The van der Waals surface area contributed by atoms with E-state index in [1.54, 1.807) is 6.07 Å². The Hall–Kier alpha value is -0.920. The third kappa shape index (κ3) is 3.64. The van der Waals surface area contributed by atoms with Gasteiger partial charge in [-0.3, -0.25) is 4.79 Å². The van der Waals surface area contributed by atoms with Crippen molar-refractivity contribution in [2.24, 2.45) is 11.3 Å². The lowest BCUT2D eigenvalue weighted by Gasteiger charge is -2.26. The molecule has 0 spiro atoms. The second kappa shape index (κ2) is 5.70. The molecule has 2 heterocycles. The Balaban J connectivity index is 2.16. The molecule has 1 aromatic heterocycles. The largest absolute Gasteiger partial charge is 0.481 e. The van der Waals surface area contributed by atoms with Crippen LogP contribution in [0.1, 0.15) is 32.1 Å². The average molecular weight is 331 g/mol. The van der Waals surface area contributed by atoms with Crippen LogP contribution in [0, 0.1) is 11.3 Å². The van der Waals surface area contributed by atoms with Crippen LogP contribution in [0.4, 0.5) is 0 Å². The quantitative estimate of drug-likeness (QED) is 0.919. The molecule has 1 aliphatic heterocycles. The first kappa shape index (κ1) is 16.5. The minimum absolute atomic E-state index is 0.0915. The summed E-state index contributed by atoms with van der Waals surface area (Å²) in [5.41, 5.74) is 0.0915. The number of sulfonamides is 1. The molecule has 21 heavy (non-hydrogen) atoms. The number of hydrogen-bond donors (Lipinski definition) is 1. The van der Waals surface area contributed by atoms with Gasteiger partial charge in [0, 0.05) is 18.0 Å². The third-order valence-corrected chi connectivity index (χ3v) is 7.35. The molecule has 1 atom stereocenters. The van der Waals surface area contributed by atoms with Crippen LogP contribution in [0.25, 0.3) is 0 Å². The van der Waals surface area contributed by atoms with E-state index in [0.29, 0.717) is 23.9 Å². The standard InChI is InChI=1S/C14H21NO4S2/c1-14(2,3)10-6-7-15(9-10)21(18,19)13-5-4-11(20-13)8-12(16)17/h4-5,10H,6-9H2,1-3H3,(H,16,17).